The van der Waals surface area contributed by atoms with E-state index in [0.29, 0.717) is 21.5 Å². The minimum absolute atomic E-state index is 0.0212. The molecule has 3 heterocycles. The molecule has 0 aliphatic heterocycles. The number of nitrogens with one attached hydrogen (secondary N) is 2. The molecule has 0 radical (unpaired) electrons. The second-order valence-corrected chi connectivity index (χ2v) is 10.5. The molecular weight excluding hydrogens is 528 g/mol. The van der Waals surface area contributed by atoms with Gasteiger partial charge in [-0.1, -0.05) is 23.7 Å². The molecule has 12 heteroatoms. The minimum Gasteiger partial charge on any atom is -0.398 e. The number of halogens is 1. The molecular formula is C26H21ClN6O4S. The fourth-order valence-corrected chi connectivity index (χ4v) is 5.60. The zero-order valence-corrected chi connectivity index (χ0v) is 21.3. The number of hydrogen-bond donors (Lipinski definition) is 4. The lowest BCUT2D eigenvalue weighted by Crippen LogP contribution is -2.33. The highest BCUT2D eigenvalue weighted by Crippen LogP contribution is 2.36. The largest absolute Gasteiger partial charge is 0.398 e. The zero-order valence-electron chi connectivity index (χ0n) is 19.7. The molecule has 0 unspecified atom stereocenters. The van der Waals surface area contributed by atoms with E-state index in [0.717, 1.165) is 0 Å². The zero-order chi connectivity index (χ0) is 27.0. The summed E-state index contributed by atoms with van der Waals surface area (Å²) in [4.78, 5) is 33.1. The number of nitrogens with zero attached hydrogens (tertiary/aromatic N) is 2. The number of anilines is 2. The normalized spacial score (nSPS) is 11.5. The van der Waals surface area contributed by atoms with Crippen LogP contribution >= 0.6 is 11.6 Å². The smallest absolute Gasteiger partial charge is 0.282 e. The fourth-order valence-electron chi connectivity index (χ4n) is 4.34. The first-order chi connectivity index (χ1) is 18.2. The first kappa shape index (κ1) is 25.1. The minimum atomic E-state index is -4.37. The summed E-state index contributed by atoms with van der Waals surface area (Å²) in [6, 6.07) is 17.3. The molecule has 6 N–H and O–H groups in total. The molecule has 0 aliphatic carbocycles. The Bertz CT molecular complexity index is 1880. The van der Waals surface area contributed by atoms with E-state index in [9.17, 15) is 18.0 Å². The molecule has 0 aliphatic rings. The predicted molar refractivity (Wildman–Crippen MR) is 146 cm³/mol. The first-order valence-electron chi connectivity index (χ1n) is 11.3. The van der Waals surface area contributed by atoms with Gasteiger partial charge in [-0.3, -0.25) is 9.59 Å². The van der Waals surface area contributed by atoms with Gasteiger partial charge in [0, 0.05) is 46.0 Å². The maximum absolute atomic E-state index is 13.8. The van der Waals surface area contributed by atoms with Crippen LogP contribution in [0.5, 0.6) is 0 Å². The van der Waals surface area contributed by atoms with Crippen LogP contribution in [0.4, 0.5) is 11.5 Å². The molecule has 0 fully saturated rings. The second kappa shape index (κ2) is 9.69. The van der Waals surface area contributed by atoms with Gasteiger partial charge in [-0.2, -0.15) is 0 Å². The van der Waals surface area contributed by atoms with Crippen molar-refractivity contribution in [2.75, 3.05) is 11.5 Å². The third kappa shape index (κ3) is 4.60. The van der Waals surface area contributed by atoms with Crippen LogP contribution in [-0.4, -0.2) is 28.9 Å². The summed E-state index contributed by atoms with van der Waals surface area (Å²) in [5.74, 6) is -0.685. The Labute approximate surface area is 221 Å². The van der Waals surface area contributed by atoms with E-state index >= 15 is 0 Å². The first-order valence-corrected chi connectivity index (χ1v) is 13.1. The standard InChI is InChI=1S/C26H21ClN6O4S/c27-16-7-8-20-18(13-16)23(17-4-3-10-31-25(17)34)24(33(20)14-15-9-11-30-22(29)12-15)26(35)32-38(36,37)21-6-2-1-5-19(21)28/h1-13H,14,28H2,(H2,29,30)(H,31,34)(H,32,35). The number of benzene rings is 2. The number of aromatic nitrogens is 3. The number of carbonyl (C=O) groups excluding carboxylic acids is 1. The highest BCUT2D eigenvalue weighted by atomic mass is 35.5. The average molecular weight is 549 g/mol. The van der Waals surface area contributed by atoms with Gasteiger partial charge in [-0.15, -0.1) is 0 Å². The number of rotatable bonds is 6. The molecule has 5 rings (SSSR count). The number of aromatic amines is 1. The van der Waals surface area contributed by atoms with E-state index in [1.807, 2.05) is 0 Å². The molecule has 2 aromatic carbocycles. The maximum atomic E-state index is 13.8. The van der Waals surface area contributed by atoms with Gasteiger partial charge in [0.05, 0.1) is 5.69 Å². The van der Waals surface area contributed by atoms with Gasteiger partial charge < -0.3 is 21.0 Å². The molecule has 10 nitrogen and oxygen atoms in total. The van der Waals surface area contributed by atoms with Crippen molar-refractivity contribution in [3.8, 4) is 11.1 Å². The number of amides is 1. The number of carbonyl (C=O) groups is 1. The van der Waals surface area contributed by atoms with E-state index < -0.39 is 21.5 Å². The Balaban J connectivity index is 1.78. The number of fused-ring (bicyclic) bond motifs is 1. The number of pyridine rings is 2. The SMILES string of the molecule is Nc1cc(Cn2c(C(=O)NS(=O)(=O)c3ccccc3N)c(-c3ccc[nH]c3=O)c3cc(Cl)ccc32)ccn1. The summed E-state index contributed by atoms with van der Waals surface area (Å²) < 4.78 is 30.1. The van der Waals surface area contributed by atoms with E-state index in [1.54, 1.807) is 53.1 Å². The molecule has 0 bridgehead atoms. The second-order valence-electron chi connectivity index (χ2n) is 8.45. The third-order valence-corrected chi connectivity index (χ3v) is 7.59. The van der Waals surface area contributed by atoms with Crippen molar-refractivity contribution in [2.45, 2.75) is 11.4 Å². The van der Waals surface area contributed by atoms with E-state index in [4.69, 9.17) is 23.1 Å². The van der Waals surface area contributed by atoms with Crippen molar-refractivity contribution in [3.05, 3.63) is 106 Å². The Morgan fingerprint density at radius 2 is 1.84 bits per heavy atom. The van der Waals surface area contributed by atoms with Crippen LogP contribution in [0.25, 0.3) is 22.0 Å². The van der Waals surface area contributed by atoms with Crippen molar-refractivity contribution in [1.82, 2.24) is 19.3 Å². The van der Waals surface area contributed by atoms with Crippen LogP contribution < -0.4 is 21.7 Å². The van der Waals surface area contributed by atoms with Gasteiger partial charge in [0.1, 0.15) is 16.4 Å². The average Bonchev–Trinajstić information content (AvgIpc) is 3.17. The Kier molecular flexibility index (Phi) is 6.39. The van der Waals surface area contributed by atoms with Crippen LogP contribution in [-0.2, 0) is 16.6 Å². The van der Waals surface area contributed by atoms with Crippen LogP contribution in [0.15, 0.2) is 88.8 Å². The van der Waals surface area contributed by atoms with E-state index in [-0.39, 0.29) is 39.8 Å². The highest BCUT2D eigenvalue weighted by Gasteiger charge is 2.29. The molecule has 0 atom stereocenters. The highest BCUT2D eigenvalue weighted by molar-refractivity contribution is 7.90. The van der Waals surface area contributed by atoms with Gasteiger partial charge in [0.25, 0.3) is 21.5 Å². The lowest BCUT2D eigenvalue weighted by atomic mass is 10.0. The van der Waals surface area contributed by atoms with Gasteiger partial charge in [0.15, 0.2) is 0 Å². The summed E-state index contributed by atoms with van der Waals surface area (Å²) in [5.41, 5.74) is 12.8. The quantitative estimate of drug-likeness (QED) is 0.236. The molecule has 0 saturated heterocycles. The monoisotopic (exact) mass is 548 g/mol. The Morgan fingerprint density at radius 3 is 2.58 bits per heavy atom. The lowest BCUT2D eigenvalue weighted by Gasteiger charge is -2.14. The van der Waals surface area contributed by atoms with Crippen LogP contribution in [0.2, 0.25) is 5.02 Å². The van der Waals surface area contributed by atoms with E-state index in [2.05, 4.69) is 14.7 Å². The molecule has 0 spiro atoms. The predicted octanol–water partition coefficient (Wildman–Crippen LogP) is 3.38. The van der Waals surface area contributed by atoms with Gasteiger partial charge in [-0.25, -0.2) is 18.1 Å². The number of H-pyrrole nitrogens is 1. The maximum Gasteiger partial charge on any atom is 0.282 e. The molecule has 3 aromatic heterocycles. The summed E-state index contributed by atoms with van der Waals surface area (Å²) in [6.45, 7) is 0.117. The summed E-state index contributed by atoms with van der Waals surface area (Å²) in [6.07, 6.45) is 2.98. The summed E-state index contributed by atoms with van der Waals surface area (Å²) in [5, 5.41) is 0.853. The molecule has 5 aromatic rings. The molecule has 1 amide bonds. The van der Waals surface area contributed by atoms with Gasteiger partial charge >= 0.3 is 0 Å². The van der Waals surface area contributed by atoms with Gasteiger partial charge in [0.2, 0.25) is 0 Å². The molecule has 0 saturated carbocycles. The number of nitrogen functional groups attached to an aromatic ring is 2. The molecule has 192 valence electrons. The van der Waals surface area contributed by atoms with Crippen molar-refractivity contribution >= 4 is 49.9 Å². The van der Waals surface area contributed by atoms with Crippen LogP contribution in [0.3, 0.4) is 0 Å². The number of nitrogens with two attached hydrogens (primary N) is 2. The number of para-hydroxylation sites is 1. The fraction of sp³-hybridized carbons (Fsp3) is 0.0385. The van der Waals surface area contributed by atoms with E-state index in [1.165, 1.54) is 30.6 Å². The van der Waals surface area contributed by atoms with Crippen molar-refractivity contribution in [3.63, 3.8) is 0 Å². The Morgan fingerprint density at radius 1 is 1.05 bits per heavy atom. The van der Waals surface area contributed by atoms with Crippen LogP contribution in [0, 0.1) is 0 Å². The summed E-state index contributed by atoms with van der Waals surface area (Å²) >= 11 is 6.31. The lowest BCUT2D eigenvalue weighted by molar-refractivity contribution is 0.0974. The summed E-state index contributed by atoms with van der Waals surface area (Å²) in [7, 11) is -4.37. The number of hydrogen-bond acceptors (Lipinski definition) is 7. The Hall–Kier alpha value is -4.61. The molecule has 38 heavy (non-hydrogen) atoms. The van der Waals surface area contributed by atoms with Crippen molar-refractivity contribution in [1.29, 1.82) is 0 Å². The topological polar surface area (TPSA) is 166 Å². The van der Waals surface area contributed by atoms with Crippen molar-refractivity contribution < 1.29 is 13.2 Å². The van der Waals surface area contributed by atoms with Gasteiger partial charge in [-0.05, 0) is 60.2 Å². The van der Waals surface area contributed by atoms with Crippen LogP contribution in [0.1, 0.15) is 16.1 Å². The van der Waals surface area contributed by atoms with Crippen molar-refractivity contribution in [2.24, 2.45) is 0 Å². The third-order valence-electron chi connectivity index (χ3n) is 5.95. The number of sulfonamides is 1.